The molecule has 5 aromatic carbocycles. The van der Waals surface area contributed by atoms with Gasteiger partial charge in [-0.25, -0.2) is 9.97 Å². The van der Waals surface area contributed by atoms with E-state index >= 15 is 0 Å². The molecule has 3 nitrogen and oxygen atoms in total. The molecule has 1 aliphatic carbocycles. The van der Waals surface area contributed by atoms with Crippen molar-refractivity contribution in [3.8, 4) is 50.7 Å². The molecular weight excluding hydrogens is 498 g/mol. The maximum Gasteiger partial charge on any atom is 0.0900 e. The molecule has 9 rings (SSSR count). The van der Waals surface area contributed by atoms with Crippen LogP contribution in [-0.4, -0.2) is 14.5 Å². The fourth-order valence-corrected chi connectivity index (χ4v) is 6.51. The topological polar surface area (TPSA) is 30.7 Å². The fraction of sp³-hybridized carbons (Fsp3) is 0. The smallest absolute Gasteiger partial charge is 0.0900 e. The van der Waals surface area contributed by atoms with E-state index in [1.165, 1.54) is 49.3 Å². The third-order valence-corrected chi connectivity index (χ3v) is 8.32. The molecule has 0 bridgehead atoms. The first-order valence-electron chi connectivity index (χ1n) is 13.9. The first-order chi connectivity index (χ1) is 20.3. The SMILES string of the molecule is c1ccc(-n2c3ccccc3c3cc(-c4cccc(-c5cc6cccc7c6c(n5)-c5ccccc5-7)n4)ccc32)cc1. The molecule has 0 saturated heterocycles. The average Bonchev–Trinajstić information content (AvgIpc) is 3.55. The Morgan fingerprint density at radius 3 is 2.10 bits per heavy atom. The van der Waals surface area contributed by atoms with Crippen molar-refractivity contribution in [2.24, 2.45) is 0 Å². The summed E-state index contributed by atoms with van der Waals surface area (Å²) >= 11 is 0. The lowest BCUT2D eigenvalue weighted by Crippen LogP contribution is -1.94. The number of benzene rings is 5. The van der Waals surface area contributed by atoms with Gasteiger partial charge >= 0.3 is 0 Å². The number of hydrogen-bond donors (Lipinski definition) is 0. The van der Waals surface area contributed by atoms with Crippen molar-refractivity contribution in [2.45, 2.75) is 0 Å². The first-order valence-corrected chi connectivity index (χ1v) is 13.9. The summed E-state index contributed by atoms with van der Waals surface area (Å²) < 4.78 is 2.34. The lowest BCUT2D eigenvalue weighted by Gasteiger charge is -2.09. The van der Waals surface area contributed by atoms with Gasteiger partial charge in [-0.15, -0.1) is 0 Å². The number of nitrogens with zero attached hydrogens (tertiary/aromatic N) is 3. The molecule has 3 heterocycles. The molecule has 0 N–H and O–H groups in total. The van der Waals surface area contributed by atoms with Gasteiger partial charge in [0.1, 0.15) is 0 Å². The van der Waals surface area contributed by atoms with Crippen molar-refractivity contribution < 1.29 is 0 Å². The minimum absolute atomic E-state index is 0.877. The van der Waals surface area contributed by atoms with Crippen molar-refractivity contribution in [3.63, 3.8) is 0 Å². The molecule has 1 aliphatic rings. The van der Waals surface area contributed by atoms with Crippen LogP contribution in [0.15, 0.2) is 140 Å². The Bertz CT molecular complexity index is 2310. The number of fused-ring (bicyclic) bond motifs is 6. The molecule has 3 heteroatoms. The molecule has 0 spiro atoms. The second-order valence-corrected chi connectivity index (χ2v) is 10.6. The second kappa shape index (κ2) is 8.48. The highest BCUT2D eigenvalue weighted by Gasteiger charge is 2.23. The first kappa shape index (κ1) is 22.3. The van der Waals surface area contributed by atoms with Gasteiger partial charge in [-0.05, 0) is 65.0 Å². The van der Waals surface area contributed by atoms with Crippen LogP contribution in [0.25, 0.3) is 83.3 Å². The molecule has 0 atom stereocenters. The van der Waals surface area contributed by atoms with Gasteiger partial charge in [0.25, 0.3) is 0 Å². The van der Waals surface area contributed by atoms with E-state index in [9.17, 15) is 0 Å². The van der Waals surface area contributed by atoms with Gasteiger partial charge < -0.3 is 4.57 Å². The van der Waals surface area contributed by atoms with Crippen LogP contribution in [0.1, 0.15) is 0 Å². The summed E-state index contributed by atoms with van der Waals surface area (Å²) in [5.74, 6) is 0. The molecule has 0 radical (unpaired) electrons. The number of hydrogen-bond acceptors (Lipinski definition) is 2. The van der Waals surface area contributed by atoms with Crippen LogP contribution in [0.2, 0.25) is 0 Å². The van der Waals surface area contributed by atoms with E-state index in [1.54, 1.807) is 0 Å². The predicted molar refractivity (Wildman–Crippen MR) is 169 cm³/mol. The summed E-state index contributed by atoms with van der Waals surface area (Å²) in [7, 11) is 0. The van der Waals surface area contributed by atoms with Crippen LogP contribution < -0.4 is 0 Å². The van der Waals surface area contributed by atoms with Crippen molar-refractivity contribution in [1.82, 2.24) is 14.5 Å². The summed E-state index contributed by atoms with van der Waals surface area (Å²) in [6, 6.07) is 49.4. The van der Waals surface area contributed by atoms with E-state index in [2.05, 4.69) is 144 Å². The van der Waals surface area contributed by atoms with Crippen LogP contribution >= 0.6 is 0 Å². The summed E-state index contributed by atoms with van der Waals surface area (Å²) in [4.78, 5) is 10.3. The van der Waals surface area contributed by atoms with Crippen molar-refractivity contribution in [2.75, 3.05) is 0 Å². The Hall–Kier alpha value is -5.54. The van der Waals surface area contributed by atoms with Crippen LogP contribution in [-0.2, 0) is 0 Å². The summed E-state index contributed by atoms with van der Waals surface area (Å²) in [5.41, 5.74) is 12.1. The molecule has 41 heavy (non-hydrogen) atoms. The molecule has 0 unspecified atom stereocenters. The number of pyridine rings is 2. The minimum atomic E-state index is 0.877. The monoisotopic (exact) mass is 521 g/mol. The van der Waals surface area contributed by atoms with E-state index in [0.717, 1.165) is 34.0 Å². The highest BCUT2D eigenvalue weighted by molar-refractivity contribution is 6.14. The minimum Gasteiger partial charge on any atom is -0.309 e. The van der Waals surface area contributed by atoms with Gasteiger partial charge in [-0.1, -0.05) is 91.0 Å². The zero-order chi connectivity index (χ0) is 26.9. The maximum atomic E-state index is 5.18. The van der Waals surface area contributed by atoms with Crippen LogP contribution in [0, 0.1) is 0 Å². The van der Waals surface area contributed by atoms with Crippen LogP contribution in [0.5, 0.6) is 0 Å². The zero-order valence-electron chi connectivity index (χ0n) is 22.1. The maximum absolute atomic E-state index is 5.18. The molecule has 0 fully saturated rings. The third-order valence-electron chi connectivity index (χ3n) is 8.32. The number of para-hydroxylation sites is 2. The Morgan fingerprint density at radius 1 is 0.439 bits per heavy atom. The van der Waals surface area contributed by atoms with Crippen LogP contribution in [0.3, 0.4) is 0 Å². The van der Waals surface area contributed by atoms with Gasteiger partial charge in [-0.2, -0.15) is 0 Å². The van der Waals surface area contributed by atoms with Crippen LogP contribution in [0.4, 0.5) is 0 Å². The lowest BCUT2D eigenvalue weighted by molar-refractivity contribution is 1.18. The number of aromatic nitrogens is 3. The van der Waals surface area contributed by atoms with Gasteiger partial charge in [0.15, 0.2) is 0 Å². The Kier molecular flexibility index (Phi) is 4.61. The van der Waals surface area contributed by atoms with E-state index in [1.807, 2.05) is 0 Å². The molecular formula is C38H23N3. The molecule has 8 aromatic rings. The van der Waals surface area contributed by atoms with E-state index in [4.69, 9.17) is 9.97 Å². The summed E-state index contributed by atoms with van der Waals surface area (Å²) in [6.07, 6.45) is 0. The van der Waals surface area contributed by atoms with E-state index in [-0.39, 0.29) is 0 Å². The van der Waals surface area contributed by atoms with Gasteiger partial charge in [0, 0.05) is 33.0 Å². The normalized spacial score (nSPS) is 11.9. The average molecular weight is 522 g/mol. The van der Waals surface area contributed by atoms with Gasteiger partial charge in [0.05, 0.1) is 33.8 Å². The predicted octanol–water partition coefficient (Wildman–Crippen LogP) is 9.71. The third kappa shape index (κ3) is 3.26. The highest BCUT2D eigenvalue weighted by atomic mass is 15.0. The molecule has 3 aromatic heterocycles. The summed E-state index contributed by atoms with van der Waals surface area (Å²) in [6.45, 7) is 0. The standard InChI is InChI=1S/C38H23N3/c1-2-11-26(12-3-1)41-35-19-7-6-14-28(35)31-22-24(20-21-36(31)41)32-17-9-18-33(39-32)34-23-25-10-8-16-29-27-13-4-5-15-30(27)38(40-34)37(25)29/h1-23H. The quantitative estimate of drug-likeness (QED) is 0.232. The number of rotatable bonds is 3. The van der Waals surface area contributed by atoms with Gasteiger partial charge in [0.2, 0.25) is 0 Å². The van der Waals surface area contributed by atoms with Crippen molar-refractivity contribution in [1.29, 1.82) is 0 Å². The summed E-state index contributed by atoms with van der Waals surface area (Å²) in [5, 5.41) is 4.88. The van der Waals surface area contributed by atoms with E-state index < -0.39 is 0 Å². The molecule has 0 saturated carbocycles. The Labute approximate surface area is 237 Å². The molecule has 0 aliphatic heterocycles. The fourth-order valence-electron chi connectivity index (χ4n) is 6.51. The van der Waals surface area contributed by atoms with E-state index in [0.29, 0.717) is 0 Å². The van der Waals surface area contributed by atoms with Gasteiger partial charge in [-0.3, -0.25) is 0 Å². The molecule has 0 amide bonds. The largest absolute Gasteiger partial charge is 0.309 e. The Morgan fingerprint density at radius 2 is 1.17 bits per heavy atom. The Balaban J connectivity index is 1.20. The lowest BCUT2D eigenvalue weighted by atomic mass is 10.0. The van der Waals surface area contributed by atoms with Crippen molar-refractivity contribution in [3.05, 3.63) is 140 Å². The molecule has 190 valence electrons. The second-order valence-electron chi connectivity index (χ2n) is 10.6. The zero-order valence-corrected chi connectivity index (χ0v) is 22.1. The highest BCUT2D eigenvalue weighted by Crippen LogP contribution is 2.47. The van der Waals surface area contributed by atoms with Crippen molar-refractivity contribution >= 4 is 32.6 Å².